The van der Waals surface area contributed by atoms with E-state index in [0.717, 1.165) is 30.6 Å². The van der Waals surface area contributed by atoms with Crippen LogP contribution in [-0.4, -0.2) is 25.2 Å². The third-order valence-corrected chi connectivity index (χ3v) is 7.47. The van der Waals surface area contributed by atoms with Crippen LogP contribution in [-0.2, 0) is 31.9 Å². The largest absolute Gasteiger partial charge is 0.465 e. The normalized spacial score (nSPS) is 11.7. The first-order chi connectivity index (χ1) is 15.1. The van der Waals surface area contributed by atoms with E-state index in [9.17, 15) is 9.59 Å². The number of esters is 2. The highest BCUT2D eigenvalue weighted by Gasteiger charge is 2.49. The Bertz CT molecular complexity index is 1170. The van der Waals surface area contributed by atoms with Crippen molar-refractivity contribution < 1.29 is 19.1 Å². The van der Waals surface area contributed by atoms with E-state index in [1.54, 1.807) is 36.5 Å². The maximum Gasteiger partial charge on any atom is 0.324 e. The molecule has 0 amide bonds. The van der Waals surface area contributed by atoms with Crippen LogP contribution in [0.4, 0.5) is 0 Å². The molecule has 0 aliphatic rings. The number of fused-ring (bicyclic) bond motifs is 2. The van der Waals surface area contributed by atoms with Gasteiger partial charge in [-0.3, -0.25) is 9.59 Å². The summed E-state index contributed by atoms with van der Waals surface area (Å²) in [5.41, 5.74) is -0.473. The lowest BCUT2D eigenvalue weighted by molar-refractivity contribution is -0.172. The van der Waals surface area contributed by atoms with Crippen molar-refractivity contribution in [3.05, 3.63) is 70.4 Å². The molecule has 0 atom stereocenters. The third-order valence-electron chi connectivity index (χ3n) is 5.34. The van der Waals surface area contributed by atoms with Crippen LogP contribution in [0.1, 0.15) is 24.3 Å². The molecule has 0 aliphatic heterocycles. The van der Waals surface area contributed by atoms with Gasteiger partial charge in [-0.2, -0.15) is 0 Å². The molecule has 0 fully saturated rings. The fourth-order valence-corrected chi connectivity index (χ4v) is 6.03. The Balaban J connectivity index is 1.82. The van der Waals surface area contributed by atoms with Crippen LogP contribution in [0.2, 0.25) is 0 Å². The van der Waals surface area contributed by atoms with Gasteiger partial charge in [0.1, 0.15) is 0 Å². The summed E-state index contributed by atoms with van der Waals surface area (Å²) in [6.45, 7) is 3.92. The van der Waals surface area contributed by atoms with Crippen LogP contribution in [0.25, 0.3) is 20.2 Å². The molecule has 0 aliphatic carbocycles. The lowest BCUT2D eigenvalue weighted by Gasteiger charge is -2.29. The molecule has 0 unspecified atom stereocenters. The monoisotopic (exact) mass is 452 g/mol. The average molecular weight is 453 g/mol. The van der Waals surface area contributed by atoms with Gasteiger partial charge in [0.2, 0.25) is 0 Å². The minimum absolute atomic E-state index is 0.205. The first-order valence-corrected chi connectivity index (χ1v) is 12.0. The number of rotatable bonds is 8. The summed E-state index contributed by atoms with van der Waals surface area (Å²) in [7, 11) is 0. The van der Waals surface area contributed by atoms with Crippen molar-refractivity contribution in [2.75, 3.05) is 13.2 Å². The predicted octanol–water partition coefficient (Wildman–Crippen LogP) is 6.01. The highest BCUT2D eigenvalue weighted by molar-refractivity contribution is 7.19. The van der Waals surface area contributed by atoms with Crippen LogP contribution in [0.3, 0.4) is 0 Å². The lowest BCUT2D eigenvalue weighted by Crippen LogP contribution is -2.45. The highest BCUT2D eigenvalue weighted by atomic mass is 32.1. The van der Waals surface area contributed by atoms with Gasteiger partial charge in [0.05, 0.1) is 13.2 Å². The van der Waals surface area contributed by atoms with E-state index in [1.165, 1.54) is 0 Å². The van der Waals surface area contributed by atoms with Crippen LogP contribution in [0.5, 0.6) is 0 Å². The van der Waals surface area contributed by atoms with E-state index >= 15 is 0 Å². The van der Waals surface area contributed by atoms with Crippen LogP contribution < -0.4 is 0 Å². The minimum Gasteiger partial charge on any atom is -0.465 e. The molecule has 160 valence electrons. The number of carbonyl (C=O) groups is 2. The fourth-order valence-electron chi connectivity index (χ4n) is 3.89. The van der Waals surface area contributed by atoms with Crippen molar-refractivity contribution in [3.63, 3.8) is 0 Å². The fraction of sp³-hybridized carbons (Fsp3) is 0.280. The molecule has 4 nitrogen and oxygen atoms in total. The van der Waals surface area contributed by atoms with Crippen molar-refractivity contribution in [2.24, 2.45) is 5.41 Å². The van der Waals surface area contributed by atoms with Gasteiger partial charge in [-0.15, -0.1) is 22.7 Å². The molecule has 4 aromatic rings. The molecule has 0 saturated heterocycles. The second-order valence-electron chi connectivity index (χ2n) is 7.38. The molecule has 31 heavy (non-hydrogen) atoms. The topological polar surface area (TPSA) is 52.6 Å². The number of ether oxygens (including phenoxy) is 2. The van der Waals surface area contributed by atoms with Crippen molar-refractivity contribution >= 4 is 54.8 Å². The Labute approximate surface area is 189 Å². The summed E-state index contributed by atoms with van der Waals surface area (Å²) in [6, 6.07) is 18.2. The molecule has 4 rings (SSSR count). The van der Waals surface area contributed by atoms with Gasteiger partial charge in [0.15, 0.2) is 5.41 Å². The average Bonchev–Trinajstić information content (AvgIpc) is 3.37. The van der Waals surface area contributed by atoms with Gasteiger partial charge in [0, 0.05) is 27.1 Å². The second kappa shape index (κ2) is 9.20. The van der Waals surface area contributed by atoms with E-state index in [1.807, 2.05) is 53.9 Å². The second-order valence-corrected chi connectivity index (χ2v) is 9.46. The molecule has 0 radical (unpaired) electrons. The van der Waals surface area contributed by atoms with Crippen LogP contribution in [0.15, 0.2) is 60.0 Å². The van der Waals surface area contributed by atoms with E-state index in [-0.39, 0.29) is 26.1 Å². The zero-order chi connectivity index (χ0) is 21.8. The molecule has 2 aromatic carbocycles. The summed E-state index contributed by atoms with van der Waals surface area (Å²) in [5, 5.41) is 4.19. The zero-order valence-corrected chi connectivity index (χ0v) is 19.2. The van der Waals surface area contributed by atoms with Crippen molar-refractivity contribution in [3.8, 4) is 0 Å². The molecule has 2 aromatic heterocycles. The van der Waals surface area contributed by atoms with Gasteiger partial charge in [-0.25, -0.2) is 0 Å². The van der Waals surface area contributed by atoms with E-state index in [4.69, 9.17) is 9.47 Å². The summed E-state index contributed by atoms with van der Waals surface area (Å²) in [5.74, 6) is -1.05. The Morgan fingerprint density at radius 1 is 0.871 bits per heavy atom. The van der Waals surface area contributed by atoms with Crippen molar-refractivity contribution in [1.29, 1.82) is 0 Å². The number of hydrogen-bond acceptors (Lipinski definition) is 6. The van der Waals surface area contributed by atoms with Crippen LogP contribution >= 0.6 is 22.7 Å². The van der Waals surface area contributed by atoms with Crippen LogP contribution in [0, 0.1) is 5.41 Å². The Morgan fingerprint density at radius 2 is 1.52 bits per heavy atom. The van der Waals surface area contributed by atoms with E-state index < -0.39 is 17.4 Å². The maximum atomic E-state index is 13.3. The molecule has 0 spiro atoms. The van der Waals surface area contributed by atoms with Gasteiger partial charge < -0.3 is 9.47 Å². The molecule has 0 saturated carbocycles. The first-order valence-electron chi connectivity index (χ1n) is 10.3. The Hall–Kier alpha value is -2.70. The number of benzene rings is 2. The zero-order valence-electron chi connectivity index (χ0n) is 17.6. The summed E-state index contributed by atoms with van der Waals surface area (Å²) >= 11 is 3.21. The molecule has 0 N–H and O–H groups in total. The molecular weight excluding hydrogens is 428 g/mol. The lowest BCUT2D eigenvalue weighted by atomic mass is 9.78. The van der Waals surface area contributed by atoms with E-state index in [2.05, 4.69) is 6.07 Å². The Morgan fingerprint density at radius 3 is 2.19 bits per heavy atom. The highest BCUT2D eigenvalue weighted by Crippen LogP contribution is 2.38. The molecule has 6 heteroatoms. The van der Waals surface area contributed by atoms with Crippen molar-refractivity contribution in [1.82, 2.24) is 0 Å². The van der Waals surface area contributed by atoms with Crippen molar-refractivity contribution in [2.45, 2.75) is 26.7 Å². The SMILES string of the molecule is CCOC(=O)C(Cc1cc2ccccc2s1)(Cc1csc2ccccc12)C(=O)OCC. The van der Waals surface area contributed by atoms with Gasteiger partial charge in [-0.05, 0) is 53.8 Å². The summed E-state index contributed by atoms with van der Waals surface area (Å²) in [4.78, 5) is 27.7. The molecule has 0 bridgehead atoms. The Kier molecular flexibility index (Phi) is 6.39. The molecule has 2 heterocycles. The standard InChI is InChI=1S/C25H24O4S2/c1-3-28-23(26)25(24(27)29-4-2,14-18-16-30-22-12-8-6-10-20(18)22)15-19-13-17-9-5-7-11-21(17)31-19/h5-13,16H,3-4,14-15H2,1-2H3. The summed E-state index contributed by atoms with van der Waals surface area (Å²) < 4.78 is 13.2. The maximum absolute atomic E-state index is 13.3. The van der Waals surface area contributed by atoms with E-state index in [0.29, 0.717) is 0 Å². The van der Waals surface area contributed by atoms with Gasteiger partial charge in [-0.1, -0.05) is 36.4 Å². The van der Waals surface area contributed by atoms with Gasteiger partial charge >= 0.3 is 11.9 Å². The number of carbonyl (C=O) groups excluding carboxylic acids is 2. The quantitative estimate of drug-likeness (QED) is 0.243. The number of thiophene rings is 2. The summed E-state index contributed by atoms with van der Waals surface area (Å²) in [6.07, 6.45) is 0.483. The number of hydrogen-bond donors (Lipinski definition) is 0. The molecular formula is C25H24O4S2. The smallest absolute Gasteiger partial charge is 0.324 e. The van der Waals surface area contributed by atoms with Gasteiger partial charge in [0.25, 0.3) is 0 Å². The minimum atomic E-state index is -1.43. The third kappa shape index (κ3) is 4.23. The predicted molar refractivity (Wildman–Crippen MR) is 127 cm³/mol. The first kappa shape index (κ1) is 21.5.